The van der Waals surface area contributed by atoms with Gasteiger partial charge in [0.1, 0.15) is 22.8 Å². The van der Waals surface area contributed by atoms with E-state index in [1.165, 1.54) is 0 Å². The van der Waals surface area contributed by atoms with Crippen LogP contribution in [-0.4, -0.2) is 50.3 Å². The zero-order chi connectivity index (χ0) is 20.1. The number of aryl methyl sites for hydroxylation is 1. The molecule has 0 aliphatic rings. The van der Waals surface area contributed by atoms with Gasteiger partial charge in [0.05, 0.1) is 7.11 Å². The summed E-state index contributed by atoms with van der Waals surface area (Å²) < 4.78 is 10.6. The van der Waals surface area contributed by atoms with Crippen LogP contribution in [-0.2, 0) is 0 Å². The minimum Gasteiger partial charge on any atom is -0.497 e. The Labute approximate surface area is 165 Å². The summed E-state index contributed by atoms with van der Waals surface area (Å²) in [6.07, 6.45) is 0. The first kappa shape index (κ1) is 19.6. The molecule has 0 aliphatic heterocycles. The molecule has 0 saturated carbocycles. The molecule has 0 spiro atoms. The van der Waals surface area contributed by atoms with Crippen LogP contribution in [0.5, 0.6) is 5.75 Å². The van der Waals surface area contributed by atoms with Gasteiger partial charge in [0.15, 0.2) is 0 Å². The van der Waals surface area contributed by atoms with Crippen molar-refractivity contribution in [2.75, 3.05) is 39.2 Å². The number of hydrogen-bond acceptors (Lipinski definition) is 5. The molecule has 2 aromatic carbocycles. The zero-order valence-corrected chi connectivity index (χ0v) is 16.7. The molecule has 3 rings (SSSR count). The summed E-state index contributed by atoms with van der Waals surface area (Å²) >= 11 is 0. The summed E-state index contributed by atoms with van der Waals surface area (Å²) in [5, 5.41) is 4.15. The van der Waals surface area contributed by atoms with Crippen LogP contribution in [0.25, 0.3) is 11.3 Å². The fourth-order valence-electron chi connectivity index (χ4n) is 2.96. The molecule has 0 unspecified atom stereocenters. The molecule has 6 heteroatoms. The van der Waals surface area contributed by atoms with Gasteiger partial charge in [0.25, 0.3) is 5.91 Å². The van der Waals surface area contributed by atoms with E-state index < -0.39 is 0 Å². The highest BCUT2D eigenvalue weighted by molar-refractivity contribution is 6.10. The van der Waals surface area contributed by atoms with Gasteiger partial charge >= 0.3 is 0 Å². The fourth-order valence-corrected chi connectivity index (χ4v) is 2.96. The average Bonchev–Trinajstić information content (AvgIpc) is 3.10. The van der Waals surface area contributed by atoms with Crippen molar-refractivity contribution in [3.63, 3.8) is 0 Å². The molecule has 0 fully saturated rings. The number of hydrogen-bond donors (Lipinski definition) is 0. The van der Waals surface area contributed by atoms with Crippen LogP contribution in [0.4, 0.5) is 5.69 Å². The number of benzene rings is 2. The van der Waals surface area contributed by atoms with Gasteiger partial charge in [-0.1, -0.05) is 35.5 Å². The van der Waals surface area contributed by atoms with Gasteiger partial charge in [-0.2, -0.15) is 0 Å². The van der Waals surface area contributed by atoms with Crippen LogP contribution < -0.4 is 9.64 Å². The van der Waals surface area contributed by atoms with Crippen molar-refractivity contribution >= 4 is 11.6 Å². The van der Waals surface area contributed by atoms with E-state index in [1.807, 2.05) is 73.6 Å². The van der Waals surface area contributed by atoms with Gasteiger partial charge < -0.3 is 19.1 Å². The molecule has 28 heavy (non-hydrogen) atoms. The molecule has 1 heterocycles. The molecule has 0 bridgehead atoms. The maximum Gasteiger partial charge on any atom is 0.264 e. The SMILES string of the molecule is COc1ccc(N(CCN(C)C)C(=O)c2c(-c3ccccc3)noc2C)cc1. The predicted molar refractivity (Wildman–Crippen MR) is 110 cm³/mol. The molecule has 1 amide bonds. The van der Waals surface area contributed by atoms with E-state index in [1.54, 1.807) is 18.9 Å². The van der Waals surface area contributed by atoms with Crippen molar-refractivity contribution in [2.24, 2.45) is 0 Å². The Morgan fingerprint density at radius 1 is 1.04 bits per heavy atom. The van der Waals surface area contributed by atoms with Crippen molar-refractivity contribution in [1.82, 2.24) is 10.1 Å². The summed E-state index contributed by atoms with van der Waals surface area (Å²) in [4.78, 5) is 17.4. The summed E-state index contributed by atoms with van der Waals surface area (Å²) in [5.41, 5.74) is 2.70. The van der Waals surface area contributed by atoms with Gasteiger partial charge in [-0.25, -0.2) is 0 Å². The number of nitrogens with zero attached hydrogens (tertiary/aromatic N) is 3. The van der Waals surface area contributed by atoms with E-state index in [2.05, 4.69) is 5.16 Å². The van der Waals surface area contributed by atoms with E-state index in [0.717, 1.165) is 23.5 Å². The van der Waals surface area contributed by atoms with Crippen LogP contribution in [0.15, 0.2) is 59.1 Å². The summed E-state index contributed by atoms with van der Waals surface area (Å²) in [7, 11) is 5.59. The monoisotopic (exact) mass is 379 g/mol. The number of rotatable bonds is 7. The molecule has 0 aliphatic carbocycles. The first-order chi connectivity index (χ1) is 13.5. The Hall–Kier alpha value is -3.12. The third kappa shape index (κ3) is 4.23. The Morgan fingerprint density at radius 3 is 2.32 bits per heavy atom. The Kier molecular flexibility index (Phi) is 6.11. The van der Waals surface area contributed by atoms with Crippen molar-refractivity contribution in [3.8, 4) is 17.0 Å². The van der Waals surface area contributed by atoms with Gasteiger partial charge in [0.2, 0.25) is 0 Å². The number of carbonyl (C=O) groups is 1. The number of amides is 1. The van der Waals surface area contributed by atoms with E-state index in [-0.39, 0.29) is 5.91 Å². The highest BCUT2D eigenvalue weighted by Gasteiger charge is 2.27. The maximum atomic E-state index is 13.6. The summed E-state index contributed by atoms with van der Waals surface area (Å²) in [6.45, 7) is 3.03. The van der Waals surface area contributed by atoms with Gasteiger partial charge in [0, 0.05) is 24.3 Å². The second-order valence-corrected chi connectivity index (χ2v) is 6.79. The van der Waals surface area contributed by atoms with Crippen LogP contribution in [0, 0.1) is 6.92 Å². The van der Waals surface area contributed by atoms with E-state index in [4.69, 9.17) is 9.26 Å². The molecule has 0 N–H and O–H groups in total. The standard InChI is InChI=1S/C22H25N3O3/c1-16-20(21(23-28-16)17-8-6-5-7-9-17)22(26)25(15-14-24(2)3)18-10-12-19(27-4)13-11-18/h5-13H,14-15H2,1-4H3. The average molecular weight is 379 g/mol. The first-order valence-corrected chi connectivity index (χ1v) is 9.13. The van der Waals surface area contributed by atoms with Gasteiger partial charge in [-0.3, -0.25) is 4.79 Å². The number of methoxy groups -OCH3 is 1. The molecule has 6 nitrogen and oxygen atoms in total. The number of likely N-dealkylation sites (N-methyl/N-ethyl adjacent to an activating group) is 1. The molecule has 3 aromatic rings. The van der Waals surface area contributed by atoms with Crippen molar-refractivity contribution < 1.29 is 14.1 Å². The lowest BCUT2D eigenvalue weighted by molar-refractivity contribution is 0.0984. The molecule has 0 saturated heterocycles. The molecular weight excluding hydrogens is 354 g/mol. The lowest BCUT2D eigenvalue weighted by atomic mass is 10.0. The molecule has 0 radical (unpaired) electrons. The van der Waals surface area contributed by atoms with Crippen LogP contribution in [0.3, 0.4) is 0 Å². The third-order valence-corrected chi connectivity index (χ3v) is 4.52. The van der Waals surface area contributed by atoms with Crippen molar-refractivity contribution in [1.29, 1.82) is 0 Å². The lowest BCUT2D eigenvalue weighted by Crippen LogP contribution is -2.37. The number of aromatic nitrogens is 1. The second kappa shape index (κ2) is 8.71. The molecular formula is C22H25N3O3. The normalized spacial score (nSPS) is 10.9. The van der Waals surface area contributed by atoms with Crippen molar-refractivity contribution in [3.05, 3.63) is 65.9 Å². The van der Waals surface area contributed by atoms with E-state index in [9.17, 15) is 4.79 Å². The second-order valence-electron chi connectivity index (χ2n) is 6.79. The highest BCUT2D eigenvalue weighted by Crippen LogP contribution is 2.28. The molecule has 146 valence electrons. The maximum absolute atomic E-state index is 13.6. The largest absolute Gasteiger partial charge is 0.497 e. The number of carbonyl (C=O) groups excluding carboxylic acids is 1. The van der Waals surface area contributed by atoms with Crippen molar-refractivity contribution in [2.45, 2.75) is 6.92 Å². The Bertz CT molecular complexity index is 918. The molecule has 0 atom stereocenters. The number of anilines is 1. The van der Waals surface area contributed by atoms with Gasteiger partial charge in [-0.15, -0.1) is 0 Å². The van der Waals surface area contributed by atoms with E-state index in [0.29, 0.717) is 23.6 Å². The summed E-state index contributed by atoms with van der Waals surface area (Å²) in [5.74, 6) is 1.12. The Morgan fingerprint density at radius 2 is 1.71 bits per heavy atom. The number of ether oxygens (including phenoxy) is 1. The predicted octanol–water partition coefficient (Wildman–Crippen LogP) is 3.87. The Balaban J connectivity index is 2.00. The fraction of sp³-hybridized carbons (Fsp3) is 0.273. The lowest BCUT2D eigenvalue weighted by Gasteiger charge is -2.25. The van der Waals surface area contributed by atoms with Crippen LogP contribution in [0.2, 0.25) is 0 Å². The quantitative estimate of drug-likeness (QED) is 0.624. The minimum absolute atomic E-state index is 0.135. The van der Waals surface area contributed by atoms with Crippen LogP contribution >= 0.6 is 0 Å². The first-order valence-electron chi connectivity index (χ1n) is 9.13. The van der Waals surface area contributed by atoms with Crippen LogP contribution in [0.1, 0.15) is 16.1 Å². The summed E-state index contributed by atoms with van der Waals surface area (Å²) in [6, 6.07) is 17.1. The third-order valence-electron chi connectivity index (χ3n) is 4.52. The zero-order valence-electron chi connectivity index (χ0n) is 16.7. The van der Waals surface area contributed by atoms with E-state index >= 15 is 0 Å². The topological polar surface area (TPSA) is 58.8 Å². The smallest absolute Gasteiger partial charge is 0.264 e. The van der Waals surface area contributed by atoms with Gasteiger partial charge in [-0.05, 0) is 45.3 Å². The molecule has 1 aromatic heterocycles. The highest BCUT2D eigenvalue weighted by atomic mass is 16.5. The minimum atomic E-state index is -0.135.